The third-order valence-electron chi connectivity index (χ3n) is 4.55. The molecule has 0 spiro atoms. The third kappa shape index (κ3) is 5.38. The summed E-state index contributed by atoms with van der Waals surface area (Å²) in [5.41, 5.74) is 3.47. The molecule has 3 N–H and O–H groups in total. The first-order chi connectivity index (χ1) is 15.2. The molecule has 0 unspecified atom stereocenters. The lowest BCUT2D eigenvalue weighted by atomic mass is 10.1. The van der Waals surface area contributed by atoms with E-state index in [1.54, 1.807) is 18.6 Å². The summed E-state index contributed by atoms with van der Waals surface area (Å²) in [5.74, 6) is -7.14. The van der Waals surface area contributed by atoms with Crippen molar-refractivity contribution in [2.45, 2.75) is 39.2 Å². The third-order valence-corrected chi connectivity index (χ3v) is 5.81. The number of halogens is 4. The number of nitrogen functional groups attached to an aromatic ring is 1. The van der Waals surface area contributed by atoms with Crippen LogP contribution in [0.1, 0.15) is 33.2 Å². The first kappa shape index (κ1) is 24.4. The van der Waals surface area contributed by atoms with Gasteiger partial charge in [0.05, 0.1) is 11.9 Å². The quantitative estimate of drug-likeness (QED) is 0.488. The Balaban J connectivity index is 2.08. The molecule has 0 aliphatic carbocycles. The van der Waals surface area contributed by atoms with Crippen molar-refractivity contribution in [2.24, 2.45) is 0 Å². The van der Waals surface area contributed by atoms with Crippen molar-refractivity contribution in [3.05, 3.63) is 40.3 Å². The lowest BCUT2D eigenvalue weighted by Gasteiger charge is -2.16. The van der Waals surface area contributed by atoms with Gasteiger partial charge in [-0.3, -0.25) is 14.1 Å². The summed E-state index contributed by atoms with van der Waals surface area (Å²) in [6.45, 7) is 3.89. The molecular weight excluding hydrogens is 468 g/mol. The first-order valence-electron chi connectivity index (χ1n) is 9.61. The zero-order valence-electron chi connectivity index (χ0n) is 17.7. The van der Waals surface area contributed by atoms with Crippen LogP contribution in [0.15, 0.2) is 23.1 Å². The number of anilines is 2. The summed E-state index contributed by atoms with van der Waals surface area (Å²) in [4.78, 5) is 24.9. The van der Waals surface area contributed by atoms with Gasteiger partial charge in [-0.15, -0.1) is 0 Å². The Morgan fingerprint density at radius 2 is 1.79 bits per heavy atom. The van der Waals surface area contributed by atoms with Gasteiger partial charge >= 0.3 is 0 Å². The molecule has 0 amide bonds. The van der Waals surface area contributed by atoms with E-state index in [1.165, 1.54) is 10.8 Å². The molecule has 3 rings (SSSR count). The minimum Gasteiger partial charge on any atom is -0.368 e. The summed E-state index contributed by atoms with van der Waals surface area (Å²) < 4.78 is 82.1. The number of rotatable bonds is 7. The van der Waals surface area contributed by atoms with Crippen molar-refractivity contribution in [3.63, 3.8) is 0 Å². The summed E-state index contributed by atoms with van der Waals surface area (Å²) in [6, 6.07) is 1.01. The fourth-order valence-electron chi connectivity index (χ4n) is 3.01. The van der Waals surface area contributed by atoms with Gasteiger partial charge in [0.2, 0.25) is 21.9 Å². The first-order valence-corrected chi connectivity index (χ1v) is 11.3. The minimum atomic E-state index is -4.47. The van der Waals surface area contributed by atoms with E-state index in [-0.39, 0.29) is 28.4 Å². The Morgan fingerprint density at radius 3 is 2.33 bits per heavy atom. The van der Waals surface area contributed by atoms with E-state index >= 15 is 0 Å². The Labute approximate surface area is 185 Å². The van der Waals surface area contributed by atoms with Crippen molar-refractivity contribution < 1.29 is 26.0 Å². The van der Waals surface area contributed by atoms with Gasteiger partial charge in [0.25, 0.3) is 5.56 Å². The van der Waals surface area contributed by atoms with Gasteiger partial charge in [0.15, 0.2) is 17.3 Å². The number of hydrogen-bond donors (Lipinski definition) is 2. The van der Waals surface area contributed by atoms with E-state index in [0.717, 1.165) is 0 Å². The molecule has 2 aromatic heterocycles. The van der Waals surface area contributed by atoms with Gasteiger partial charge in [0, 0.05) is 18.0 Å². The molecule has 0 saturated carbocycles. The SMILES string of the molecule is CC(C)n1c(=O)c(-c2cc(F)c(NS(=O)(=O)CCC(C)(F)F)c(F)c2)nc2cnc(N)nc21. The number of nitrogens with two attached hydrogens (primary N) is 1. The highest BCUT2D eigenvalue weighted by atomic mass is 32.2. The standard InChI is InChI=1S/C19H20F4N6O3S/c1-9(2)29-16-13(8-25-18(24)27-16)26-14(17(29)30)10-6-11(20)15(12(21)7-10)28-33(31,32)5-4-19(3,22)23/h6-9,28H,4-5H2,1-3H3,(H2,24,25,27). The Bertz CT molecular complexity index is 1360. The van der Waals surface area contributed by atoms with Crippen LogP contribution in [0.25, 0.3) is 22.4 Å². The average molecular weight is 488 g/mol. The zero-order valence-corrected chi connectivity index (χ0v) is 18.6. The van der Waals surface area contributed by atoms with Crippen LogP contribution >= 0.6 is 0 Å². The Hall–Kier alpha value is -3.29. The van der Waals surface area contributed by atoms with E-state index in [4.69, 9.17) is 5.73 Å². The smallest absolute Gasteiger partial charge is 0.278 e. The van der Waals surface area contributed by atoms with Crippen LogP contribution in [0.3, 0.4) is 0 Å². The van der Waals surface area contributed by atoms with Crippen LogP contribution in [0.4, 0.5) is 29.2 Å². The van der Waals surface area contributed by atoms with Gasteiger partial charge in [-0.25, -0.2) is 35.9 Å². The maximum Gasteiger partial charge on any atom is 0.278 e. The van der Waals surface area contributed by atoms with Crippen molar-refractivity contribution in [2.75, 3.05) is 16.2 Å². The second kappa shape index (κ2) is 8.57. The molecule has 9 nitrogen and oxygen atoms in total. The van der Waals surface area contributed by atoms with Crippen molar-refractivity contribution in [1.29, 1.82) is 0 Å². The second-order valence-electron chi connectivity index (χ2n) is 7.72. The zero-order chi connectivity index (χ0) is 24.7. The van der Waals surface area contributed by atoms with Crippen molar-refractivity contribution in [1.82, 2.24) is 19.5 Å². The molecule has 33 heavy (non-hydrogen) atoms. The maximum absolute atomic E-state index is 14.7. The number of aromatic nitrogens is 4. The molecule has 0 aliphatic rings. The minimum absolute atomic E-state index is 0.0968. The topological polar surface area (TPSA) is 133 Å². The number of alkyl halides is 2. The molecule has 14 heteroatoms. The number of nitrogens with zero attached hydrogens (tertiary/aromatic N) is 4. The summed E-state index contributed by atoms with van der Waals surface area (Å²) in [7, 11) is -4.47. The van der Waals surface area contributed by atoms with Crippen LogP contribution in [0.5, 0.6) is 0 Å². The predicted molar refractivity (Wildman–Crippen MR) is 114 cm³/mol. The molecule has 0 aliphatic heterocycles. The van der Waals surface area contributed by atoms with Crippen LogP contribution < -0.4 is 16.0 Å². The normalized spacial score (nSPS) is 12.5. The number of hydrogen-bond acceptors (Lipinski definition) is 7. The van der Waals surface area contributed by atoms with E-state index in [1.807, 2.05) is 0 Å². The van der Waals surface area contributed by atoms with Gasteiger partial charge in [-0.1, -0.05) is 0 Å². The average Bonchev–Trinajstić information content (AvgIpc) is 2.68. The molecule has 0 fully saturated rings. The summed E-state index contributed by atoms with van der Waals surface area (Å²) in [5, 5.41) is 0. The summed E-state index contributed by atoms with van der Waals surface area (Å²) in [6.07, 6.45) is 0.213. The largest absolute Gasteiger partial charge is 0.368 e. The molecule has 0 atom stereocenters. The van der Waals surface area contributed by atoms with Gasteiger partial charge in [-0.2, -0.15) is 4.98 Å². The molecule has 0 radical (unpaired) electrons. The number of sulfonamides is 1. The van der Waals surface area contributed by atoms with E-state index in [9.17, 15) is 30.8 Å². The molecule has 0 bridgehead atoms. The maximum atomic E-state index is 14.7. The van der Waals surface area contributed by atoms with Crippen LogP contribution in [-0.4, -0.2) is 39.6 Å². The van der Waals surface area contributed by atoms with E-state index < -0.39 is 57.0 Å². The molecule has 0 saturated heterocycles. The van der Waals surface area contributed by atoms with Crippen LogP contribution in [0, 0.1) is 11.6 Å². The number of benzene rings is 1. The molecule has 1 aromatic carbocycles. The monoisotopic (exact) mass is 488 g/mol. The second-order valence-corrected chi connectivity index (χ2v) is 9.56. The molecule has 2 heterocycles. The lowest BCUT2D eigenvalue weighted by Crippen LogP contribution is -2.26. The van der Waals surface area contributed by atoms with E-state index in [0.29, 0.717) is 19.1 Å². The lowest BCUT2D eigenvalue weighted by molar-refractivity contribution is 0.0189. The van der Waals surface area contributed by atoms with Crippen molar-refractivity contribution >= 4 is 32.8 Å². The van der Waals surface area contributed by atoms with Crippen molar-refractivity contribution in [3.8, 4) is 11.3 Å². The van der Waals surface area contributed by atoms with Crippen LogP contribution in [0.2, 0.25) is 0 Å². The fourth-order valence-corrected chi connectivity index (χ4v) is 4.24. The number of nitrogens with one attached hydrogen (secondary N) is 1. The molecule has 178 valence electrons. The Morgan fingerprint density at radius 1 is 1.18 bits per heavy atom. The van der Waals surface area contributed by atoms with Gasteiger partial charge in [-0.05, 0) is 32.9 Å². The Kier molecular flexibility index (Phi) is 6.33. The summed E-state index contributed by atoms with van der Waals surface area (Å²) >= 11 is 0. The van der Waals surface area contributed by atoms with Gasteiger partial charge in [0.1, 0.15) is 16.9 Å². The van der Waals surface area contributed by atoms with E-state index in [2.05, 4.69) is 15.0 Å². The highest BCUT2D eigenvalue weighted by molar-refractivity contribution is 7.92. The van der Waals surface area contributed by atoms with Gasteiger partial charge < -0.3 is 5.73 Å². The van der Waals surface area contributed by atoms with Crippen LogP contribution in [-0.2, 0) is 10.0 Å². The number of fused-ring (bicyclic) bond motifs is 1. The fraction of sp³-hybridized carbons (Fsp3) is 0.368. The molecular formula is C19H20F4N6O3S. The molecule has 3 aromatic rings. The predicted octanol–water partition coefficient (Wildman–Crippen LogP) is 3.08. The highest BCUT2D eigenvalue weighted by Crippen LogP contribution is 2.28. The highest BCUT2D eigenvalue weighted by Gasteiger charge is 2.27.